The molecule has 2 saturated heterocycles. The average molecular weight is 662 g/mol. The van der Waals surface area contributed by atoms with Gasteiger partial charge in [-0.1, -0.05) is 57.4 Å². The molecular weight excluding hydrogens is 611 g/mol. The van der Waals surface area contributed by atoms with Gasteiger partial charge in [-0.3, -0.25) is 9.48 Å². The summed E-state index contributed by atoms with van der Waals surface area (Å²) in [6.07, 6.45) is 15.1. The number of nitrogens with zero attached hydrogens (tertiary/aromatic N) is 6. The van der Waals surface area contributed by atoms with Crippen molar-refractivity contribution in [3.8, 4) is 0 Å². The Morgan fingerprint density at radius 2 is 1.68 bits per heavy atom. The van der Waals surface area contributed by atoms with Gasteiger partial charge in [-0.25, -0.2) is 14.8 Å². The van der Waals surface area contributed by atoms with Crippen molar-refractivity contribution in [2.75, 3.05) is 42.9 Å². The molecule has 11 heteroatoms. The summed E-state index contributed by atoms with van der Waals surface area (Å²) in [6.45, 7) is 11.6. The number of benzene rings is 1. The second kappa shape index (κ2) is 16.6. The third-order valence-corrected chi connectivity index (χ3v) is 10.4. The lowest BCUT2D eigenvalue weighted by Crippen LogP contribution is -2.37. The summed E-state index contributed by atoms with van der Waals surface area (Å²) in [4.78, 5) is 39.3. The fraction of sp³-hybridized carbons (Fsp3) is 0.583. The smallest absolute Gasteiger partial charge is 0.354 e. The molecular formula is C36H51N7O3S. The van der Waals surface area contributed by atoms with Gasteiger partial charge in [0.15, 0.2) is 0 Å². The Morgan fingerprint density at radius 3 is 2.38 bits per heavy atom. The van der Waals surface area contributed by atoms with Crippen molar-refractivity contribution >= 4 is 35.1 Å². The number of aromatic carboxylic acids is 1. The molecule has 1 amide bonds. The molecule has 254 valence electrons. The zero-order chi connectivity index (χ0) is 33.2. The molecule has 0 atom stereocenters. The van der Waals surface area contributed by atoms with Crippen LogP contribution in [0, 0.1) is 12.3 Å². The van der Waals surface area contributed by atoms with Crippen LogP contribution < -0.4 is 10.2 Å². The molecule has 10 nitrogen and oxygen atoms in total. The third kappa shape index (κ3) is 10.5. The molecule has 0 radical (unpaired) electrons. The van der Waals surface area contributed by atoms with E-state index in [1.165, 1.54) is 32.1 Å². The van der Waals surface area contributed by atoms with Gasteiger partial charge in [0.05, 0.1) is 24.1 Å². The molecule has 47 heavy (non-hydrogen) atoms. The van der Waals surface area contributed by atoms with Crippen LogP contribution >= 0.6 is 11.8 Å². The third-order valence-electron chi connectivity index (χ3n) is 9.50. The number of carbonyl (C=O) groups is 2. The Hall–Kier alpha value is -3.44. The number of hydrogen-bond donors (Lipinski definition) is 2. The lowest BCUT2D eigenvalue weighted by Gasteiger charge is -2.37. The lowest BCUT2D eigenvalue weighted by molar-refractivity contribution is -0.116. The Morgan fingerprint density at radius 1 is 0.957 bits per heavy atom. The normalized spacial score (nSPS) is 17.1. The molecule has 2 aliphatic rings. The van der Waals surface area contributed by atoms with Crippen LogP contribution in [-0.4, -0.2) is 74.4 Å². The minimum absolute atomic E-state index is 0.0603. The maximum Gasteiger partial charge on any atom is 0.354 e. The van der Waals surface area contributed by atoms with Crippen LogP contribution in [0.25, 0.3) is 0 Å². The number of carboxylic acids is 1. The van der Waals surface area contributed by atoms with Gasteiger partial charge >= 0.3 is 5.97 Å². The standard InChI is InChI=1S/C36H51N7O3S/c1-27-23-31(35(45)46)43(40-27)29-14-19-41(20-15-29)18-9-7-5-4-6-8-13-33(44)39-28-11-10-12-30(24-28)47-34-26-37-32(25-38-34)42-21-16-36(2,3)17-22-42/h10-12,23-26,29H,4-9,13-22H2,1-3H3,(H,39,44)(H,45,46). The molecule has 2 aromatic heterocycles. The maximum absolute atomic E-state index is 12.6. The molecule has 2 N–H and O–H groups in total. The number of unbranched alkanes of at least 4 members (excludes halogenated alkanes) is 5. The quantitative estimate of drug-likeness (QED) is 0.160. The minimum Gasteiger partial charge on any atom is -0.477 e. The Kier molecular flexibility index (Phi) is 12.3. The van der Waals surface area contributed by atoms with Crippen molar-refractivity contribution in [1.82, 2.24) is 24.6 Å². The fourth-order valence-electron chi connectivity index (χ4n) is 6.52. The van der Waals surface area contributed by atoms with E-state index in [4.69, 9.17) is 0 Å². The summed E-state index contributed by atoms with van der Waals surface area (Å²) in [5.41, 5.74) is 2.27. The molecule has 0 aliphatic carbocycles. The zero-order valence-corrected chi connectivity index (χ0v) is 29.1. The Bertz CT molecular complexity index is 1460. The maximum atomic E-state index is 12.6. The zero-order valence-electron chi connectivity index (χ0n) is 28.3. The number of anilines is 2. The second-order valence-electron chi connectivity index (χ2n) is 13.9. The van der Waals surface area contributed by atoms with E-state index in [0.717, 1.165) is 91.9 Å². The molecule has 1 aromatic carbocycles. The summed E-state index contributed by atoms with van der Waals surface area (Å²) >= 11 is 1.56. The van der Waals surface area contributed by atoms with Gasteiger partial charge in [0.2, 0.25) is 5.91 Å². The number of aryl methyl sites for hydroxylation is 1. The minimum atomic E-state index is -0.904. The highest BCUT2D eigenvalue weighted by molar-refractivity contribution is 7.99. The van der Waals surface area contributed by atoms with Crippen LogP contribution in [0.4, 0.5) is 11.5 Å². The number of aromatic nitrogens is 4. The first-order valence-corrected chi connectivity index (χ1v) is 18.1. The van der Waals surface area contributed by atoms with Gasteiger partial charge in [0.1, 0.15) is 16.5 Å². The van der Waals surface area contributed by atoms with Crippen molar-refractivity contribution in [2.45, 2.75) is 107 Å². The highest BCUT2D eigenvalue weighted by Crippen LogP contribution is 2.33. The predicted octanol–water partition coefficient (Wildman–Crippen LogP) is 7.46. The van der Waals surface area contributed by atoms with Crippen LogP contribution in [0.3, 0.4) is 0 Å². The van der Waals surface area contributed by atoms with Crippen molar-refractivity contribution in [3.63, 3.8) is 0 Å². The SMILES string of the molecule is Cc1cc(C(=O)O)n(C2CCN(CCCCCCCCC(=O)Nc3cccc(Sc4cnc(N5CCC(C)(C)CC5)cn4)c3)CC2)n1. The van der Waals surface area contributed by atoms with E-state index in [0.29, 0.717) is 17.5 Å². The number of hydrogen-bond acceptors (Lipinski definition) is 8. The van der Waals surface area contributed by atoms with Crippen molar-refractivity contribution in [1.29, 1.82) is 0 Å². The summed E-state index contributed by atoms with van der Waals surface area (Å²) in [7, 11) is 0. The van der Waals surface area contributed by atoms with E-state index in [1.54, 1.807) is 22.5 Å². The number of nitrogens with one attached hydrogen (secondary N) is 1. The first-order chi connectivity index (χ1) is 22.6. The van der Waals surface area contributed by atoms with Gasteiger partial charge in [-0.05, 0) is 81.7 Å². The number of carboxylic acid groups (broad SMARTS) is 1. The number of amides is 1. The van der Waals surface area contributed by atoms with Crippen LogP contribution in [0.2, 0.25) is 0 Å². The number of rotatable bonds is 15. The molecule has 0 spiro atoms. The molecule has 4 heterocycles. The Balaban J connectivity index is 0.918. The van der Waals surface area contributed by atoms with Gasteiger partial charge < -0.3 is 20.2 Å². The average Bonchev–Trinajstić information content (AvgIpc) is 3.45. The molecule has 5 rings (SSSR count). The molecule has 0 saturated carbocycles. The summed E-state index contributed by atoms with van der Waals surface area (Å²) in [6, 6.07) is 9.76. The number of likely N-dealkylation sites (tertiary alicyclic amines) is 1. The molecule has 2 fully saturated rings. The lowest BCUT2D eigenvalue weighted by atomic mass is 9.83. The van der Waals surface area contributed by atoms with Gasteiger partial charge in [-0.15, -0.1) is 0 Å². The van der Waals surface area contributed by atoms with Gasteiger partial charge in [0.25, 0.3) is 0 Å². The van der Waals surface area contributed by atoms with E-state index in [1.807, 2.05) is 43.6 Å². The molecule has 0 unspecified atom stereocenters. The summed E-state index contributed by atoms with van der Waals surface area (Å²) in [5, 5.41) is 17.8. The monoisotopic (exact) mass is 661 g/mol. The number of carbonyl (C=O) groups excluding carboxylic acids is 1. The van der Waals surface area contributed by atoms with E-state index in [-0.39, 0.29) is 11.9 Å². The molecule has 2 aliphatic heterocycles. The van der Waals surface area contributed by atoms with Crippen LogP contribution in [0.15, 0.2) is 52.6 Å². The summed E-state index contributed by atoms with van der Waals surface area (Å²) in [5.74, 6) is 0.100. The Labute approximate surface area is 283 Å². The fourth-order valence-corrected chi connectivity index (χ4v) is 7.30. The van der Waals surface area contributed by atoms with Crippen molar-refractivity contribution < 1.29 is 14.7 Å². The van der Waals surface area contributed by atoms with Crippen LogP contribution in [0.5, 0.6) is 0 Å². The van der Waals surface area contributed by atoms with E-state index >= 15 is 0 Å². The van der Waals surface area contributed by atoms with Crippen LogP contribution in [-0.2, 0) is 4.79 Å². The predicted molar refractivity (Wildman–Crippen MR) is 187 cm³/mol. The van der Waals surface area contributed by atoms with Crippen LogP contribution in [0.1, 0.15) is 107 Å². The molecule has 3 aromatic rings. The first-order valence-electron chi connectivity index (χ1n) is 17.3. The van der Waals surface area contributed by atoms with Crippen molar-refractivity contribution in [2.24, 2.45) is 5.41 Å². The highest BCUT2D eigenvalue weighted by Gasteiger charge is 2.27. The topological polar surface area (TPSA) is 116 Å². The van der Waals surface area contributed by atoms with Gasteiger partial charge in [0, 0.05) is 43.2 Å². The summed E-state index contributed by atoms with van der Waals surface area (Å²) < 4.78 is 1.72. The largest absolute Gasteiger partial charge is 0.477 e. The first kappa shape index (κ1) is 34.9. The van der Waals surface area contributed by atoms with E-state index < -0.39 is 5.97 Å². The van der Waals surface area contributed by atoms with E-state index in [2.05, 4.69) is 44.0 Å². The number of piperidine rings is 2. The van der Waals surface area contributed by atoms with E-state index in [9.17, 15) is 14.7 Å². The van der Waals surface area contributed by atoms with Crippen molar-refractivity contribution in [3.05, 3.63) is 54.1 Å². The highest BCUT2D eigenvalue weighted by atomic mass is 32.2. The molecule has 0 bridgehead atoms. The second-order valence-corrected chi connectivity index (χ2v) is 15.0. The van der Waals surface area contributed by atoms with Gasteiger partial charge in [-0.2, -0.15) is 5.10 Å².